The van der Waals surface area contributed by atoms with Crippen LogP contribution in [0.4, 0.5) is 36.3 Å². The van der Waals surface area contributed by atoms with Crippen molar-refractivity contribution in [2.75, 3.05) is 24.0 Å². The van der Waals surface area contributed by atoms with Gasteiger partial charge < -0.3 is 15.2 Å². The molecular weight excluding hydrogens is 536 g/mol. The molecule has 38 heavy (non-hydrogen) atoms. The lowest BCUT2D eigenvalue weighted by Crippen LogP contribution is -2.10. The summed E-state index contributed by atoms with van der Waals surface area (Å²) in [7, 11) is -2.56. The van der Waals surface area contributed by atoms with Crippen LogP contribution in [-0.2, 0) is 10.7 Å². The summed E-state index contributed by atoms with van der Waals surface area (Å²) in [5.41, 5.74) is 2.30. The molecule has 0 bridgehead atoms. The number of alkyl halides is 3. The van der Waals surface area contributed by atoms with E-state index in [0.717, 1.165) is 12.1 Å². The number of para-hydroxylation sites is 1. The zero-order valence-electron chi connectivity index (χ0n) is 20.1. The summed E-state index contributed by atoms with van der Waals surface area (Å²) in [6.45, 7) is 3.38. The zero-order chi connectivity index (χ0) is 27.1. The maximum Gasteiger partial charge on any atom is 0.416 e. The van der Waals surface area contributed by atoms with Crippen LogP contribution in [0.25, 0.3) is 22.2 Å². The van der Waals surface area contributed by atoms with Gasteiger partial charge >= 0.3 is 6.18 Å². The summed E-state index contributed by atoms with van der Waals surface area (Å²) in [5, 5.41) is 15.1. The number of nitrogens with one attached hydrogen (secondary N) is 3. The van der Waals surface area contributed by atoms with Gasteiger partial charge in [0.1, 0.15) is 12.2 Å². The maximum absolute atomic E-state index is 13.0. The smallest absolute Gasteiger partial charge is 0.338 e. The number of H-pyrrole nitrogens is 1. The molecule has 0 radical (unpaired) electrons. The van der Waals surface area contributed by atoms with E-state index >= 15 is 0 Å². The van der Waals surface area contributed by atoms with E-state index in [9.17, 15) is 17.7 Å². The maximum atomic E-state index is 13.0. The van der Waals surface area contributed by atoms with E-state index in [1.54, 1.807) is 43.7 Å². The summed E-state index contributed by atoms with van der Waals surface area (Å²) in [6, 6.07) is 17.5. The van der Waals surface area contributed by atoms with E-state index in [0.29, 0.717) is 44.7 Å². The Kier molecular flexibility index (Phi) is 6.63. The highest BCUT2D eigenvalue weighted by Crippen LogP contribution is 2.39. The Morgan fingerprint density at radius 2 is 1.71 bits per heavy atom. The van der Waals surface area contributed by atoms with Crippen molar-refractivity contribution < 1.29 is 17.7 Å². The third kappa shape index (κ3) is 5.37. The molecule has 0 spiro atoms. The van der Waals surface area contributed by atoms with Crippen molar-refractivity contribution in [2.45, 2.75) is 6.18 Å². The molecule has 0 aliphatic heterocycles. The molecule has 2 aromatic heterocycles. The Balaban J connectivity index is 1.43. The number of hydrogen-bond acceptors (Lipinski definition) is 6. The molecule has 5 rings (SSSR count). The van der Waals surface area contributed by atoms with Gasteiger partial charge in [-0.05, 0) is 55.8 Å². The molecule has 0 amide bonds. The number of aromatic amines is 1. The van der Waals surface area contributed by atoms with Gasteiger partial charge in [-0.2, -0.15) is 23.3 Å². The molecule has 3 aromatic carbocycles. The van der Waals surface area contributed by atoms with Crippen molar-refractivity contribution in [1.82, 2.24) is 20.2 Å². The molecule has 0 aliphatic carbocycles. The van der Waals surface area contributed by atoms with E-state index < -0.39 is 18.9 Å². The lowest BCUT2D eigenvalue weighted by atomic mass is 10.1. The van der Waals surface area contributed by atoms with Crippen LogP contribution in [-0.4, -0.2) is 33.5 Å². The second kappa shape index (κ2) is 9.78. The second-order valence-corrected chi connectivity index (χ2v) is 12.5. The predicted molar refractivity (Wildman–Crippen MR) is 146 cm³/mol. The number of fused-ring (bicyclic) bond motifs is 1. The monoisotopic (exact) mass is 556 g/mol. The average molecular weight is 557 g/mol. The van der Waals surface area contributed by atoms with Crippen LogP contribution in [0.15, 0.2) is 72.9 Å². The van der Waals surface area contributed by atoms with Crippen LogP contribution < -0.4 is 15.9 Å². The van der Waals surface area contributed by atoms with Gasteiger partial charge in [-0.3, -0.25) is 5.10 Å². The van der Waals surface area contributed by atoms with Gasteiger partial charge in [0, 0.05) is 21.9 Å². The number of nitrogens with zero attached hydrogens (tertiary/aromatic N) is 3. The molecule has 0 atom stereocenters. The van der Waals surface area contributed by atoms with Crippen molar-refractivity contribution in [3.05, 3.63) is 83.5 Å². The summed E-state index contributed by atoms with van der Waals surface area (Å²) in [6.07, 6.45) is -2.96. The first kappa shape index (κ1) is 25.8. The van der Waals surface area contributed by atoms with Crippen LogP contribution in [0.1, 0.15) is 5.56 Å². The topological polar surface area (TPSA) is 95.6 Å². The van der Waals surface area contributed by atoms with E-state index in [4.69, 9.17) is 11.6 Å². The molecular formula is C26H21ClF3N6OP. The minimum absolute atomic E-state index is 0.254. The van der Waals surface area contributed by atoms with Gasteiger partial charge in [-0.15, -0.1) is 0 Å². The van der Waals surface area contributed by atoms with Gasteiger partial charge in [0.15, 0.2) is 5.82 Å². The van der Waals surface area contributed by atoms with Gasteiger partial charge in [0.05, 0.1) is 28.7 Å². The zero-order valence-corrected chi connectivity index (χ0v) is 21.8. The SMILES string of the molecule is CP(C)(=O)c1ccccc1Nc1nc(Nc2ccc3[nH]nc(-c4ccc(C(F)(F)F)cc4)c3c2)ncc1Cl. The van der Waals surface area contributed by atoms with Gasteiger partial charge in [-0.25, -0.2) is 4.98 Å². The number of halogens is 4. The van der Waals surface area contributed by atoms with Crippen molar-refractivity contribution in [3.8, 4) is 11.3 Å². The van der Waals surface area contributed by atoms with Crippen molar-refractivity contribution in [3.63, 3.8) is 0 Å². The molecule has 194 valence electrons. The van der Waals surface area contributed by atoms with Crippen molar-refractivity contribution >= 4 is 58.1 Å². The summed E-state index contributed by atoms with van der Waals surface area (Å²) in [5.74, 6) is 0.587. The fraction of sp³-hybridized carbons (Fsp3) is 0.115. The first-order valence-corrected chi connectivity index (χ1v) is 14.3. The third-order valence-electron chi connectivity index (χ3n) is 5.79. The van der Waals surface area contributed by atoms with Gasteiger partial charge in [0.25, 0.3) is 0 Å². The highest BCUT2D eigenvalue weighted by Gasteiger charge is 2.30. The summed E-state index contributed by atoms with van der Waals surface area (Å²) >= 11 is 6.34. The Morgan fingerprint density at radius 1 is 0.974 bits per heavy atom. The standard InChI is InChI=1S/C26H21ClF3N6OP/c1-38(2,37)22-6-4-3-5-21(22)33-24-19(27)14-31-25(34-24)32-17-11-12-20-18(13-17)23(36-35-20)15-7-9-16(10-8-15)26(28,29)30/h3-14H,1-2H3,(H,35,36)(H2,31,32,33,34). The molecule has 0 saturated carbocycles. The normalized spacial score (nSPS) is 12.1. The number of rotatable bonds is 6. The molecule has 7 nitrogen and oxygen atoms in total. The molecule has 12 heteroatoms. The van der Waals surface area contributed by atoms with E-state index in [1.165, 1.54) is 18.3 Å². The molecule has 2 heterocycles. The molecule has 5 aromatic rings. The highest BCUT2D eigenvalue weighted by atomic mass is 35.5. The van der Waals surface area contributed by atoms with E-state index in [2.05, 4.69) is 30.8 Å². The highest BCUT2D eigenvalue weighted by molar-refractivity contribution is 7.70. The lowest BCUT2D eigenvalue weighted by molar-refractivity contribution is -0.137. The summed E-state index contributed by atoms with van der Waals surface area (Å²) < 4.78 is 51.6. The van der Waals surface area contributed by atoms with Crippen LogP contribution in [0.3, 0.4) is 0 Å². The Hall–Kier alpha value is -3.88. The lowest BCUT2D eigenvalue weighted by Gasteiger charge is -2.15. The molecule has 0 unspecified atom stereocenters. The van der Waals surface area contributed by atoms with E-state index in [1.807, 2.05) is 12.1 Å². The molecule has 0 saturated heterocycles. The minimum Gasteiger partial charge on any atom is -0.338 e. The van der Waals surface area contributed by atoms with Crippen LogP contribution >= 0.6 is 18.7 Å². The Labute approximate surface area is 220 Å². The number of aromatic nitrogens is 4. The molecule has 0 fully saturated rings. The van der Waals surface area contributed by atoms with Crippen LogP contribution in [0, 0.1) is 0 Å². The van der Waals surface area contributed by atoms with Gasteiger partial charge in [-0.1, -0.05) is 35.9 Å². The molecule has 0 aliphatic rings. The summed E-state index contributed by atoms with van der Waals surface area (Å²) in [4.78, 5) is 8.73. The number of hydrogen-bond donors (Lipinski definition) is 3. The van der Waals surface area contributed by atoms with Gasteiger partial charge in [0.2, 0.25) is 5.95 Å². The third-order valence-corrected chi connectivity index (χ3v) is 7.61. The second-order valence-electron chi connectivity index (χ2n) is 8.92. The average Bonchev–Trinajstić information content (AvgIpc) is 3.29. The minimum atomic E-state index is -4.41. The number of anilines is 4. The first-order valence-electron chi connectivity index (χ1n) is 11.4. The molecule has 3 N–H and O–H groups in total. The first-order chi connectivity index (χ1) is 18.0. The quantitative estimate of drug-likeness (QED) is 0.188. The fourth-order valence-electron chi connectivity index (χ4n) is 3.95. The Morgan fingerprint density at radius 3 is 2.42 bits per heavy atom. The predicted octanol–water partition coefficient (Wildman–Crippen LogP) is 7.43. The van der Waals surface area contributed by atoms with Crippen LogP contribution in [0.5, 0.6) is 0 Å². The van der Waals surface area contributed by atoms with Crippen LogP contribution in [0.2, 0.25) is 5.02 Å². The van der Waals surface area contributed by atoms with Crippen molar-refractivity contribution in [1.29, 1.82) is 0 Å². The fourth-order valence-corrected chi connectivity index (χ4v) is 5.24. The number of benzene rings is 3. The largest absolute Gasteiger partial charge is 0.416 e. The van der Waals surface area contributed by atoms with E-state index in [-0.39, 0.29) is 11.0 Å². The van der Waals surface area contributed by atoms with Crippen molar-refractivity contribution in [2.24, 2.45) is 0 Å². The Bertz CT molecular complexity index is 1680.